The molecule has 0 aliphatic rings. The lowest BCUT2D eigenvalue weighted by Gasteiger charge is -2.16. The number of oxazole rings is 1. The van der Waals surface area contributed by atoms with Crippen molar-refractivity contribution in [3.8, 4) is 10.8 Å². The van der Waals surface area contributed by atoms with Gasteiger partial charge >= 0.3 is 6.18 Å². The minimum atomic E-state index is -4.31. The zero-order valence-electron chi connectivity index (χ0n) is 13.8. The molecular weight excluding hydrogens is 349 g/mol. The summed E-state index contributed by atoms with van der Waals surface area (Å²) in [7, 11) is 1.90. The highest BCUT2D eigenvalue weighted by atomic mass is 32.1. The van der Waals surface area contributed by atoms with Gasteiger partial charge in [0.25, 0.3) is 0 Å². The summed E-state index contributed by atoms with van der Waals surface area (Å²) in [5.74, 6) is 1.35. The van der Waals surface area contributed by atoms with Crippen LogP contribution in [0.25, 0.3) is 10.8 Å². The molecule has 0 atom stereocenters. The monoisotopic (exact) mass is 366 g/mol. The number of hydrogen-bond donors (Lipinski definition) is 0. The molecule has 0 radical (unpaired) electrons. The van der Waals surface area contributed by atoms with E-state index in [0.29, 0.717) is 19.0 Å². The number of rotatable bonds is 5. The number of aromatic nitrogens is 1. The van der Waals surface area contributed by atoms with Gasteiger partial charge in [-0.2, -0.15) is 13.2 Å². The van der Waals surface area contributed by atoms with Gasteiger partial charge in [-0.1, -0.05) is 18.2 Å². The minimum Gasteiger partial charge on any atom is -0.440 e. The van der Waals surface area contributed by atoms with Crippen LogP contribution in [0.5, 0.6) is 0 Å². The van der Waals surface area contributed by atoms with Crippen molar-refractivity contribution in [2.24, 2.45) is 0 Å². The first-order valence-corrected chi connectivity index (χ1v) is 8.56. The Bertz CT molecular complexity index is 823. The van der Waals surface area contributed by atoms with E-state index in [1.54, 1.807) is 11.3 Å². The third-order valence-electron chi connectivity index (χ3n) is 3.78. The quantitative estimate of drug-likeness (QED) is 0.608. The molecule has 2 heterocycles. The minimum absolute atomic E-state index is 0.527. The molecule has 3 rings (SSSR count). The fourth-order valence-electron chi connectivity index (χ4n) is 2.50. The molecule has 0 aliphatic heterocycles. The van der Waals surface area contributed by atoms with Gasteiger partial charge in [-0.3, -0.25) is 4.90 Å². The first-order valence-electron chi connectivity index (χ1n) is 7.68. The molecule has 25 heavy (non-hydrogen) atoms. The molecule has 3 aromatic rings. The maximum absolute atomic E-state index is 12.6. The predicted molar refractivity (Wildman–Crippen MR) is 91.2 cm³/mol. The van der Waals surface area contributed by atoms with Crippen LogP contribution in [-0.4, -0.2) is 16.9 Å². The molecule has 2 aromatic heterocycles. The molecule has 0 aliphatic carbocycles. The Morgan fingerprint density at radius 2 is 1.84 bits per heavy atom. The summed E-state index contributed by atoms with van der Waals surface area (Å²) in [5.41, 5.74) is 1.01. The van der Waals surface area contributed by atoms with Gasteiger partial charge < -0.3 is 4.42 Å². The topological polar surface area (TPSA) is 29.3 Å². The number of aryl methyl sites for hydroxylation is 1. The first kappa shape index (κ1) is 17.7. The Labute approximate surface area is 147 Å². The van der Waals surface area contributed by atoms with Crippen LogP contribution < -0.4 is 0 Å². The first-order chi connectivity index (χ1) is 11.8. The van der Waals surface area contributed by atoms with Gasteiger partial charge in [-0.25, -0.2) is 4.98 Å². The Morgan fingerprint density at radius 1 is 1.12 bits per heavy atom. The fraction of sp³-hybridized carbons (Fsp3) is 0.278. The van der Waals surface area contributed by atoms with Gasteiger partial charge in [0.05, 0.1) is 16.1 Å². The predicted octanol–water partition coefficient (Wildman–Crippen LogP) is 5.36. The molecular formula is C18H17F3N2OS. The van der Waals surface area contributed by atoms with Crippen LogP contribution in [0, 0.1) is 6.92 Å². The van der Waals surface area contributed by atoms with E-state index in [2.05, 4.69) is 4.98 Å². The van der Waals surface area contributed by atoms with Crippen molar-refractivity contribution in [3.05, 3.63) is 64.4 Å². The Balaban J connectivity index is 1.66. The number of thiophene rings is 1. The fourth-order valence-corrected chi connectivity index (χ4v) is 3.15. The zero-order chi connectivity index (χ0) is 18.0. The third-order valence-corrected chi connectivity index (χ3v) is 4.64. The standard InChI is InChI=1S/C18H17F3N2OS/c1-12-15(22-17(24-12)16-4-3-9-25-16)11-23(2)10-13-5-7-14(8-6-13)18(19,20)21/h3-9H,10-11H2,1-2H3. The molecule has 1 aromatic carbocycles. The maximum Gasteiger partial charge on any atom is 0.416 e. The summed E-state index contributed by atoms with van der Waals surface area (Å²) >= 11 is 1.56. The van der Waals surface area contributed by atoms with Gasteiger partial charge in [0, 0.05) is 13.1 Å². The highest BCUT2D eigenvalue weighted by Gasteiger charge is 2.29. The second-order valence-corrected chi connectivity index (χ2v) is 6.81. The lowest BCUT2D eigenvalue weighted by atomic mass is 10.1. The smallest absolute Gasteiger partial charge is 0.416 e. The second kappa shape index (κ2) is 7.01. The number of hydrogen-bond acceptors (Lipinski definition) is 4. The van der Waals surface area contributed by atoms with Crippen molar-refractivity contribution in [1.29, 1.82) is 0 Å². The molecule has 0 saturated carbocycles. The highest BCUT2D eigenvalue weighted by Crippen LogP contribution is 2.29. The lowest BCUT2D eigenvalue weighted by molar-refractivity contribution is -0.137. The van der Waals surface area contributed by atoms with Crippen molar-refractivity contribution in [2.75, 3.05) is 7.05 Å². The molecule has 0 amide bonds. The SMILES string of the molecule is Cc1oc(-c2cccs2)nc1CN(C)Cc1ccc(C(F)(F)F)cc1. The Hall–Kier alpha value is -2.12. The summed E-state index contributed by atoms with van der Waals surface area (Å²) in [6, 6.07) is 9.12. The average molecular weight is 366 g/mol. The summed E-state index contributed by atoms with van der Waals surface area (Å²) < 4.78 is 43.5. The van der Waals surface area contributed by atoms with E-state index < -0.39 is 11.7 Å². The molecule has 0 saturated heterocycles. The van der Waals surface area contributed by atoms with E-state index in [-0.39, 0.29) is 0 Å². The zero-order valence-corrected chi connectivity index (χ0v) is 14.6. The second-order valence-electron chi connectivity index (χ2n) is 5.87. The average Bonchev–Trinajstić information content (AvgIpc) is 3.17. The summed E-state index contributed by atoms with van der Waals surface area (Å²) in [6.45, 7) is 2.95. The molecule has 132 valence electrons. The van der Waals surface area contributed by atoms with Crippen LogP contribution in [0.1, 0.15) is 22.6 Å². The molecule has 3 nitrogen and oxygen atoms in total. The van der Waals surface area contributed by atoms with Crippen LogP contribution >= 0.6 is 11.3 Å². The summed E-state index contributed by atoms with van der Waals surface area (Å²) in [6.07, 6.45) is -4.31. The number of benzene rings is 1. The van der Waals surface area contributed by atoms with Gasteiger partial charge in [-0.05, 0) is 43.1 Å². The van der Waals surface area contributed by atoms with Crippen molar-refractivity contribution >= 4 is 11.3 Å². The molecule has 0 spiro atoms. The maximum atomic E-state index is 12.6. The van der Waals surface area contributed by atoms with Gasteiger partial charge in [-0.15, -0.1) is 11.3 Å². The van der Waals surface area contributed by atoms with Crippen LogP contribution in [-0.2, 0) is 19.3 Å². The number of alkyl halides is 3. The largest absolute Gasteiger partial charge is 0.440 e. The van der Waals surface area contributed by atoms with Crippen LogP contribution in [0.2, 0.25) is 0 Å². The van der Waals surface area contributed by atoms with Gasteiger partial charge in [0.1, 0.15) is 5.76 Å². The van der Waals surface area contributed by atoms with Crippen molar-refractivity contribution in [2.45, 2.75) is 26.2 Å². The van der Waals surface area contributed by atoms with E-state index >= 15 is 0 Å². The van der Waals surface area contributed by atoms with Crippen molar-refractivity contribution in [1.82, 2.24) is 9.88 Å². The molecule has 0 N–H and O–H groups in total. The molecule has 0 bridgehead atoms. The van der Waals surface area contributed by atoms with E-state index in [0.717, 1.165) is 34.0 Å². The van der Waals surface area contributed by atoms with Crippen LogP contribution in [0.15, 0.2) is 46.2 Å². The molecule has 7 heteroatoms. The van der Waals surface area contributed by atoms with Crippen LogP contribution in [0.4, 0.5) is 13.2 Å². The van der Waals surface area contributed by atoms with Gasteiger partial charge in [0.2, 0.25) is 5.89 Å². The lowest BCUT2D eigenvalue weighted by Crippen LogP contribution is -2.18. The molecule has 0 unspecified atom stereocenters. The normalized spacial score (nSPS) is 12.1. The van der Waals surface area contributed by atoms with Gasteiger partial charge in [0.15, 0.2) is 0 Å². The van der Waals surface area contributed by atoms with Crippen LogP contribution in [0.3, 0.4) is 0 Å². The van der Waals surface area contributed by atoms with Crippen molar-refractivity contribution < 1.29 is 17.6 Å². The third kappa shape index (κ3) is 4.29. The number of nitrogens with zero attached hydrogens (tertiary/aromatic N) is 2. The van der Waals surface area contributed by atoms with E-state index in [4.69, 9.17) is 4.42 Å². The Morgan fingerprint density at radius 3 is 2.44 bits per heavy atom. The van der Waals surface area contributed by atoms with E-state index in [1.165, 1.54) is 12.1 Å². The number of halogens is 3. The molecule has 0 fully saturated rings. The highest BCUT2D eigenvalue weighted by molar-refractivity contribution is 7.13. The van der Waals surface area contributed by atoms with E-state index in [9.17, 15) is 13.2 Å². The summed E-state index contributed by atoms with van der Waals surface area (Å²) in [5, 5.41) is 1.96. The van der Waals surface area contributed by atoms with Crippen molar-refractivity contribution in [3.63, 3.8) is 0 Å². The summed E-state index contributed by atoms with van der Waals surface area (Å²) in [4.78, 5) is 7.50. The van der Waals surface area contributed by atoms with E-state index in [1.807, 2.05) is 36.4 Å². The Kier molecular flexibility index (Phi) is 4.96.